The fraction of sp³-hybridized carbons (Fsp3) is 0.160. The fourth-order valence-corrected chi connectivity index (χ4v) is 3.18. The van der Waals surface area contributed by atoms with E-state index in [0.717, 1.165) is 11.1 Å². The van der Waals surface area contributed by atoms with Gasteiger partial charge in [-0.2, -0.15) is 4.99 Å². The molecular weight excluding hydrogens is 445 g/mol. The first-order chi connectivity index (χ1) is 14.7. The number of rotatable bonds is 9. The average Bonchev–Trinajstić information content (AvgIpc) is 2.78. The second-order valence-corrected chi connectivity index (χ2v) is 7.73. The van der Waals surface area contributed by atoms with Crippen molar-refractivity contribution in [3.05, 3.63) is 119 Å². The van der Waals surface area contributed by atoms with Crippen LogP contribution in [0, 0.1) is 0 Å². The van der Waals surface area contributed by atoms with Crippen molar-refractivity contribution in [2.45, 2.75) is 24.5 Å². The number of benzene rings is 2. The summed E-state index contributed by atoms with van der Waals surface area (Å²) in [6.45, 7) is 4.59. The Morgan fingerprint density at radius 2 is 1.70 bits per heavy atom. The van der Waals surface area contributed by atoms with Crippen molar-refractivity contribution < 1.29 is 13.9 Å². The number of hydrogen-bond donors (Lipinski definition) is 0. The Bertz CT molecular complexity index is 965. The highest BCUT2D eigenvalue weighted by molar-refractivity contribution is 9.09. The SMILES string of the molecule is C=C/C(C1=CCC(Br)C(F)=C1)=C(\N=COCc1ccccc1)OCc1ccccc1. The van der Waals surface area contributed by atoms with Gasteiger partial charge in [-0.15, -0.1) is 0 Å². The van der Waals surface area contributed by atoms with Crippen molar-refractivity contribution >= 4 is 22.3 Å². The van der Waals surface area contributed by atoms with Crippen LogP contribution in [-0.4, -0.2) is 11.2 Å². The Balaban J connectivity index is 1.80. The molecule has 3 nitrogen and oxygen atoms in total. The molecule has 0 fully saturated rings. The maximum Gasteiger partial charge on any atom is 0.224 e. The molecule has 30 heavy (non-hydrogen) atoms. The number of nitrogens with zero attached hydrogens (tertiary/aromatic N) is 1. The predicted octanol–water partition coefficient (Wildman–Crippen LogP) is 6.79. The lowest BCUT2D eigenvalue weighted by atomic mass is 9.99. The van der Waals surface area contributed by atoms with Gasteiger partial charge in [-0.3, -0.25) is 0 Å². The molecule has 5 heteroatoms. The molecule has 0 bridgehead atoms. The van der Waals surface area contributed by atoms with Crippen LogP contribution < -0.4 is 0 Å². The van der Waals surface area contributed by atoms with E-state index < -0.39 is 0 Å². The molecule has 0 saturated carbocycles. The maximum absolute atomic E-state index is 14.1. The van der Waals surface area contributed by atoms with Gasteiger partial charge in [0.15, 0.2) is 6.40 Å². The monoisotopic (exact) mass is 467 g/mol. The Labute approximate surface area is 185 Å². The van der Waals surface area contributed by atoms with Crippen molar-refractivity contribution in [3.63, 3.8) is 0 Å². The number of halogens is 2. The Morgan fingerprint density at radius 3 is 2.30 bits per heavy atom. The van der Waals surface area contributed by atoms with Gasteiger partial charge in [0.25, 0.3) is 0 Å². The zero-order valence-electron chi connectivity index (χ0n) is 16.5. The molecule has 1 atom stereocenters. The highest BCUT2D eigenvalue weighted by Crippen LogP contribution is 2.30. The second kappa shape index (κ2) is 11.3. The number of ether oxygens (including phenoxy) is 2. The molecule has 0 heterocycles. The minimum absolute atomic E-state index is 0.237. The Morgan fingerprint density at radius 1 is 1.07 bits per heavy atom. The standard InChI is InChI=1S/C25H23BrFNO2/c1-2-22(21-13-14-23(26)24(27)15-21)25(30-17-20-11-7-4-8-12-20)28-18-29-16-19-9-5-3-6-10-19/h2-13,15,18,23H,1,14,16-17H2/b25-22-,28-18?. The van der Waals surface area contributed by atoms with E-state index in [1.54, 1.807) is 6.08 Å². The molecule has 0 spiro atoms. The summed E-state index contributed by atoms with van der Waals surface area (Å²) in [4.78, 5) is 4.07. The fourth-order valence-electron chi connectivity index (χ4n) is 2.86. The predicted molar refractivity (Wildman–Crippen MR) is 123 cm³/mol. The van der Waals surface area contributed by atoms with Gasteiger partial charge < -0.3 is 9.47 Å². The Hall–Kier alpha value is -2.92. The molecule has 0 amide bonds. The summed E-state index contributed by atoms with van der Waals surface area (Å²) < 4.78 is 25.7. The van der Waals surface area contributed by atoms with Gasteiger partial charge in [0.05, 0.1) is 4.83 Å². The molecule has 1 unspecified atom stereocenters. The normalized spacial score (nSPS) is 17.1. The third kappa shape index (κ3) is 6.29. The molecule has 1 aliphatic rings. The summed E-state index contributed by atoms with van der Waals surface area (Å²) in [7, 11) is 0. The lowest BCUT2D eigenvalue weighted by Gasteiger charge is -2.16. The molecule has 0 aromatic heterocycles. The van der Waals surface area contributed by atoms with E-state index in [1.807, 2.05) is 66.7 Å². The van der Waals surface area contributed by atoms with Gasteiger partial charge in [0.2, 0.25) is 5.88 Å². The van der Waals surface area contributed by atoms with Crippen LogP contribution in [0.3, 0.4) is 0 Å². The van der Waals surface area contributed by atoms with Crippen LogP contribution in [0.4, 0.5) is 4.39 Å². The summed E-state index contributed by atoms with van der Waals surface area (Å²) in [5.41, 5.74) is 3.33. The molecule has 0 aliphatic heterocycles. The minimum atomic E-state index is -0.307. The maximum atomic E-state index is 14.1. The topological polar surface area (TPSA) is 30.8 Å². The van der Waals surface area contributed by atoms with Gasteiger partial charge in [0.1, 0.15) is 19.0 Å². The minimum Gasteiger partial charge on any atom is -0.478 e. The number of allylic oxidation sites excluding steroid dienone is 6. The van der Waals surface area contributed by atoms with E-state index >= 15 is 0 Å². The summed E-state index contributed by atoms with van der Waals surface area (Å²) in [6.07, 6.45) is 6.93. The second-order valence-electron chi connectivity index (χ2n) is 6.62. The molecule has 2 aromatic rings. The zero-order valence-corrected chi connectivity index (χ0v) is 18.1. The van der Waals surface area contributed by atoms with E-state index in [0.29, 0.717) is 36.7 Å². The largest absolute Gasteiger partial charge is 0.478 e. The molecule has 154 valence electrons. The van der Waals surface area contributed by atoms with Crippen molar-refractivity contribution in [1.82, 2.24) is 0 Å². The molecule has 0 N–H and O–H groups in total. The number of alkyl halides is 1. The van der Waals surface area contributed by atoms with Gasteiger partial charge in [-0.05, 0) is 29.2 Å². The van der Waals surface area contributed by atoms with Gasteiger partial charge in [0, 0.05) is 5.57 Å². The van der Waals surface area contributed by atoms with Gasteiger partial charge in [-0.25, -0.2) is 4.39 Å². The summed E-state index contributed by atoms with van der Waals surface area (Å²) in [5, 5.41) is 0. The molecule has 2 aromatic carbocycles. The van der Waals surface area contributed by atoms with E-state index in [1.165, 1.54) is 12.5 Å². The summed E-state index contributed by atoms with van der Waals surface area (Å²) in [5.74, 6) is 0.0869. The first-order valence-corrected chi connectivity index (χ1v) is 10.5. The van der Waals surface area contributed by atoms with E-state index in [4.69, 9.17) is 9.47 Å². The van der Waals surface area contributed by atoms with Crippen LogP contribution in [0.25, 0.3) is 0 Å². The van der Waals surface area contributed by atoms with Crippen molar-refractivity contribution in [3.8, 4) is 0 Å². The van der Waals surface area contributed by atoms with Crippen molar-refractivity contribution in [2.75, 3.05) is 0 Å². The number of hydrogen-bond acceptors (Lipinski definition) is 3. The first-order valence-electron chi connectivity index (χ1n) is 9.60. The molecule has 3 rings (SSSR count). The highest BCUT2D eigenvalue weighted by atomic mass is 79.9. The van der Waals surface area contributed by atoms with Crippen LogP contribution in [0.1, 0.15) is 17.5 Å². The average molecular weight is 468 g/mol. The first kappa shape index (κ1) is 21.8. The molecular formula is C25H23BrFNO2. The van der Waals surface area contributed by atoms with Crippen molar-refractivity contribution in [1.29, 1.82) is 0 Å². The van der Waals surface area contributed by atoms with Gasteiger partial charge >= 0.3 is 0 Å². The third-order valence-corrected chi connectivity index (χ3v) is 5.25. The van der Waals surface area contributed by atoms with Gasteiger partial charge in [-0.1, -0.05) is 95.3 Å². The van der Waals surface area contributed by atoms with Crippen LogP contribution in [0.15, 0.2) is 113 Å². The lowest BCUT2D eigenvalue weighted by molar-refractivity contribution is 0.192. The van der Waals surface area contributed by atoms with E-state index in [2.05, 4.69) is 27.5 Å². The highest BCUT2D eigenvalue weighted by Gasteiger charge is 2.18. The summed E-state index contributed by atoms with van der Waals surface area (Å²) >= 11 is 3.31. The quantitative estimate of drug-likeness (QED) is 0.133. The van der Waals surface area contributed by atoms with Crippen LogP contribution >= 0.6 is 15.9 Å². The van der Waals surface area contributed by atoms with E-state index in [9.17, 15) is 4.39 Å². The molecule has 1 aliphatic carbocycles. The smallest absolute Gasteiger partial charge is 0.224 e. The van der Waals surface area contributed by atoms with Crippen LogP contribution in [-0.2, 0) is 22.7 Å². The summed E-state index contributed by atoms with van der Waals surface area (Å²) in [6, 6.07) is 19.6. The number of aliphatic imine (C=N–C) groups is 1. The van der Waals surface area contributed by atoms with Crippen molar-refractivity contribution in [2.24, 2.45) is 4.99 Å². The van der Waals surface area contributed by atoms with Crippen LogP contribution in [0.2, 0.25) is 0 Å². The zero-order chi connectivity index (χ0) is 21.2. The third-order valence-electron chi connectivity index (χ3n) is 4.44. The molecule has 0 radical (unpaired) electrons. The van der Waals surface area contributed by atoms with Crippen LogP contribution in [0.5, 0.6) is 0 Å². The lowest BCUT2D eigenvalue weighted by Crippen LogP contribution is -2.05. The van der Waals surface area contributed by atoms with E-state index in [-0.39, 0.29) is 10.7 Å². The molecule has 0 saturated heterocycles. The Kier molecular flexibility index (Phi) is 8.21.